The van der Waals surface area contributed by atoms with Gasteiger partial charge in [0.25, 0.3) is 0 Å². The lowest BCUT2D eigenvalue weighted by atomic mass is 10.1. The number of phosphoric acid groups is 3. The van der Waals surface area contributed by atoms with Gasteiger partial charge in [-0.25, -0.2) is 33.0 Å². The predicted molar refractivity (Wildman–Crippen MR) is 99.5 cm³/mol. The molecule has 0 spiro atoms. The Morgan fingerprint density at radius 2 is 1.84 bits per heavy atom. The van der Waals surface area contributed by atoms with Crippen molar-refractivity contribution in [1.29, 1.82) is 0 Å². The van der Waals surface area contributed by atoms with Gasteiger partial charge in [0.1, 0.15) is 24.1 Å². The number of aliphatic hydroxyl groups is 1. The van der Waals surface area contributed by atoms with Crippen LogP contribution in [0.4, 0.5) is 10.2 Å². The fraction of sp³-hybridized carbons (Fsp3) is 0.545. The summed E-state index contributed by atoms with van der Waals surface area (Å²) in [6.45, 7) is -1.02. The van der Waals surface area contributed by atoms with E-state index in [0.29, 0.717) is 5.82 Å². The second-order valence-electron chi connectivity index (χ2n) is 6.18. The van der Waals surface area contributed by atoms with Crippen molar-refractivity contribution in [3.05, 3.63) is 12.7 Å². The smallest absolute Gasteiger partial charge is 0.387 e. The number of anilines is 1. The highest BCUT2D eigenvalue weighted by atomic mass is 31.3. The zero-order valence-corrected chi connectivity index (χ0v) is 18.5. The highest BCUT2D eigenvalue weighted by Crippen LogP contribution is 2.66. The molecule has 3 heterocycles. The van der Waals surface area contributed by atoms with Gasteiger partial charge in [0.2, 0.25) is 0 Å². The SMILES string of the molecule is CNc1ncnc2c1ncn2[C@@H]1O[C@H](COP(=O)(O)OP(=O)(O)OP(=O)(O)O)[C@@H](O)[C@H]1F. The van der Waals surface area contributed by atoms with Crippen molar-refractivity contribution in [3.8, 4) is 0 Å². The number of hydrogen-bond acceptors (Lipinski definition) is 12. The first-order chi connectivity index (χ1) is 14.7. The number of aliphatic hydroxyl groups excluding tert-OH is 1. The summed E-state index contributed by atoms with van der Waals surface area (Å²) in [6, 6.07) is 0. The van der Waals surface area contributed by atoms with Crippen LogP contribution in [0.3, 0.4) is 0 Å². The van der Waals surface area contributed by atoms with E-state index in [9.17, 15) is 28.1 Å². The van der Waals surface area contributed by atoms with Crippen molar-refractivity contribution < 1.29 is 60.6 Å². The number of hydrogen-bond donors (Lipinski definition) is 6. The molecular formula is C11H17FN5O12P3. The first-order valence-electron chi connectivity index (χ1n) is 8.34. The van der Waals surface area contributed by atoms with Crippen molar-refractivity contribution in [2.75, 3.05) is 19.0 Å². The Balaban J connectivity index is 1.70. The summed E-state index contributed by atoms with van der Waals surface area (Å²) in [6.07, 6.45) is -4.65. The minimum atomic E-state index is -5.72. The third-order valence-electron chi connectivity index (χ3n) is 3.98. The molecule has 6 atom stereocenters. The number of ether oxygens (including phenoxy) is 1. The summed E-state index contributed by atoms with van der Waals surface area (Å²) in [5.74, 6) is 0.340. The molecule has 1 saturated heterocycles. The molecule has 0 bridgehead atoms. The van der Waals surface area contributed by atoms with Gasteiger partial charge in [-0.15, -0.1) is 0 Å². The van der Waals surface area contributed by atoms with Crippen molar-refractivity contribution in [2.45, 2.75) is 24.6 Å². The standard InChI is InChI=1S/C11H17FN5O12P3/c1-13-9-7-10(15-3-14-9)17(4-16-7)11-6(12)8(18)5(27-11)2-26-31(22,23)29-32(24,25)28-30(19,20)21/h3-6,8,11,18H,2H2,1H3,(H,22,23)(H,24,25)(H,13,14,15)(H2,19,20,21)/t5-,6-,8-,11-/m1/s1. The normalized spacial score (nSPS) is 27.8. The van der Waals surface area contributed by atoms with E-state index in [-0.39, 0.29) is 11.2 Å². The third kappa shape index (κ3) is 5.75. The van der Waals surface area contributed by atoms with Gasteiger partial charge < -0.3 is 34.7 Å². The minimum Gasteiger partial charge on any atom is -0.387 e. The lowest BCUT2D eigenvalue weighted by molar-refractivity contribution is -0.0450. The Hall–Kier alpha value is -1.39. The molecule has 6 N–H and O–H groups in total. The fourth-order valence-corrected chi connectivity index (χ4v) is 5.79. The first kappa shape index (κ1) is 25.2. The molecule has 2 aromatic heterocycles. The van der Waals surface area contributed by atoms with Crippen LogP contribution in [0.1, 0.15) is 6.23 Å². The first-order valence-corrected chi connectivity index (χ1v) is 12.9. The van der Waals surface area contributed by atoms with Crippen LogP contribution in [0, 0.1) is 0 Å². The number of imidazole rings is 1. The Bertz CT molecular complexity index is 1130. The number of halogens is 1. The minimum absolute atomic E-state index is 0.151. The zero-order chi connectivity index (χ0) is 23.9. The number of phosphoric ester groups is 1. The summed E-state index contributed by atoms with van der Waals surface area (Å²) < 4.78 is 66.4. The lowest BCUT2D eigenvalue weighted by Gasteiger charge is -2.19. The van der Waals surface area contributed by atoms with Crippen LogP contribution in [-0.4, -0.2) is 76.2 Å². The number of rotatable bonds is 9. The summed E-state index contributed by atoms with van der Waals surface area (Å²) in [5.41, 5.74) is 0.426. The number of alkyl halides is 1. The van der Waals surface area contributed by atoms with Gasteiger partial charge in [0, 0.05) is 7.05 Å². The van der Waals surface area contributed by atoms with E-state index in [1.54, 1.807) is 7.05 Å². The molecule has 1 aliphatic rings. The topological polar surface area (TPSA) is 245 Å². The van der Waals surface area contributed by atoms with Crippen molar-refractivity contribution >= 4 is 40.4 Å². The van der Waals surface area contributed by atoms with Crippen LogP contribution in [-0.2, 0) is 31.6 Å². The Morgan fingerprint density at radius 1 is 1.16 bits per heavy atom. The lowest BCUT2D eigenvalue weighted by Crippen LogP contribution is -2.31. The second-order valence-corrected chi connectivity index (χ2v) is 10.6. The molecule has 3 rings (SSSR count). The Morgan fingerprint density at radius 3 is 2.47 bits per heavy atom. The van der Waals surface area contributed by atoms with Gasteiger partial charge in [-0.1, -0.05) is 0 Å². The molecule has 2 unspecified atom stereocenters. The monoisotopic (exact) mass is 523 g/mol. The molecule has 17 nitrogen and oxygen atoms in total. The van der Waals surface area contributed by atoms with Gasteiger partial charge in [-0.3, -0.25) is 9.09 Å². The van der Waals surface area contributed by atoms with Crippen LogP contribution < -0.4 is 5.32 Å². The third-order valence-corrected chi connectivity index (χ3v) is 7.78. The van der Waals surface area contributed by atoms with Crippen LogP contribution >= 0.6 is 23.5 Å². The van der Waals surface area contributed by atoms with Crippen LogP contribution in [0.2, 0.25) is 0 Å². The molecule has 0 aliphatic carbocycles. The van der Waals surface area contributed by atoms with Gasteiger partial charge in [-0.05, 0) is 0 Å². The Kier molecular flexibility index (Phi) is 7.18. The molecule has 1 fully saturated rings. The number of nitrogens with one attached hydrogen (secondary N) is 1. The summed E-state index contributed by atoms with van der Waals surface area (Å²) in [4.78, 5) is 47.6. The van der Waals surface area contributed by atoms with Crippen LogP contribution in [0.5, 0.6) is 0 Å². The van der Waals surface area contributed by atoms with E-state index in [4.69, 9.17) is 19.4 Å². The predicted octanol–water partition coefficient (Wildman–Crippen LogP) is -0.192. The molecule has 21 heteroatoms. The average Bonchev–Trinajstić information content (AvgIpc) is 3.19. The molecule has 0 saturated carbocycles. The maximum atomic E-state index is 14.7. The van der Waals surface area contributed by atoms with Gasteiger partial charge in [-0.2, -0.15) is 8.62 Å². The fourth-order valence-electron chi connectivity index (χ4n) is 2.76. The van der Waals surface area contributed by atoms with E-state index in [1.165, 1.54) is 12.7 Å². The van der Waals surface area contributed by atoms with Gasteiger partial charge in [0.15, 0.2) is 23.9 Å². The van der Waals surface area contributed by atoms with E-state index in [0.717, 1.165) is 4.57 Å². The largest absolute Gasteiger partial charge is 0.490 e. The van der Waals surface area contributed by atoms with Crippen LogP contribution in [0.15, 0.2) is 12.7 Å². The van der Waals surface area contributed by atoms with E-state index in [2.05, 4.69) is 33.4 Å². The molecule has 2 aromatic rings. The molecule has 1 aliphatic heterocycles. The zero-order valence-electron chi connectivity index (χ0n) is 15.8. The maximum absolute atomic E-state index is 14.7. The molecule has 180 valence electrons. The molecule has 32 heavy (non-hydrogen) atoms. The van der Waals surface area contributed by atoms with Crippen molar-refractivity contribution in [3.63, 3.8) is 0 Å². The van der Waals surface area contributed by atoms with Gasteiger partial charge >= 0.3 is 23.5 Å². The molecule has 0 radical (unpaired) electrons. The maximum Gasteiger partial charge on any atom is 0.490 e. The van der Waals surface area contributed by atoms with E-state index in [1.807, 2.05) is 0 Å². The summed E-state index contributed by atoms with van der Waals surface area (Å²) >= 11 is 0. The average molecular weight is 523 g/mol. The van der Waals surface area contributed by atoms with Crippen molar-refractivity contribution in [1.82, 2.24) is 19.5 Å². The highest BCUT2D eigenvalue weighted by Gasteiger charge is 2.48. The number of fused-ring (bicyclic) bond motifs is 1. The van der Waals surface area contributed by atoms with Crippen molar-refractivity contribution in [2.24, 2.45) is 0 Å². The number of aromatic nitrogens is 4. The van der Waals surface area contributed by atoms with Gasteiger partial charge in [0.05, 0.1) is 12.9 Å². The van der Waals surface area contributed by atoms with Crippen LogP contribution in [0.25, 0.3) is 11.2 Å². The number of nitrogens with zero attached hydrogens (tertiary/aromatic N) is 4. The van der Waals surface area contributed by atoms with E-state index >= 15 is 0 Å². The molecule has 0 amide bonds. The Labute approximate surface area is 177 Å². The highest BCUT2D eigenvalue weighted by molar-refractivity contribution is 7.66. The quantitative estimate of drug-likeness (QED) is 0.233. The molecule has 0 aromatic carbocycles. The summed E-state index contributed by atoms with van der Waals surface area (Å²) in [5, 5.41) is 12.8. The second kappa shape index (κ2) is 9.10. The molecular weight excluding hydrogens is 506 g/mol. The van der Waals surface area contributed by atoms with E-state index < -0.39 is 54.7 Å². The summed E-state index contributed by atoms with van der Waals surface area (Å²) in [7, 11) is -15.2.